The molecule has 12 aromatic rings. The Kier molecular flexibility index (Phi) is 22.0. The van der Waals surface area contributed by atoms with Gasteiger partial charge in [0, 0.05) is 20.4 Å². The predicted molar refractivity (Wildman–Crippen MR) is 356 cm³/mol. The van der Waals surface area contributed by atoms with Crippen LogP contribution in [0.25, 0.3) is 0 Å². The molecule has 0 fully saturated rings. The van der Waals surface area contributed by atoms with E-state index in [4.69, 9.17) is 0 Å². The fourth-order valence-electron chi connectivity index (χ4n) is 10.4. The van der Waals surface area contributed by atoms with Crippen molar-refractivity contribution < 1.29 is 20.4 Å². The zero-order valence-corrected chi connectivity index (χ0v) is 51.4. The number of hydrogen-bond acceptors (Lipinski definition) is 0. The number of benzene rings is 12. The van der Waals surface area contributed by atoms with Crippen molar-refractivity contribution in [1.29, 1.82) is 0 Å². The molecular formula is C76H68P4Pd. The van der Waals surface area contributed by atoms with Gasteiger partial charge in [-0.3, -0.25) is 0 Å². The molecule has 12 rings (SSSR count). The maximum Gasteiger partial charge on any atom is 0.0591 e. The fraction of sp³-hybridized carbons (Fsp3) is 0.0526. The smallest absolute Gasteiger partial charge is 0.0591 e. The van der Waals surface area contributed by atoms with Gasteiger partial charge in [0.25, 0.3) is 0 Å². The van der Waals surface area contributed by atoms with E-state index >= 15 is 0 Å². The van der Waals surface area contributed by atoms with Crippen LogP contribution in [0.3, 0.4) is 0 Å². The molecule has 4 unspecified atom stereocenters. The van der Waals surface area contributed by atoms with Crippen molar-refractivity contribution in [3.05, 3.63) is 431 Å². The minimum absolute atomic E-state index is 0. The molecule has 0 aromatic heterocycles. The minimum Gasteiger partial charge on any atom is -0.117 e. The standard InChI is InChI=1S/4C19H17P.Pd/c4*20-19(16-10-4-1-5-11-16,17-12-6-2-7-13-17)18-14-8-3-9-15-18;/h4*1-15H,20H2;. The van der Waals surface area contributed by atoms with Gasteiger partial charge >= 0.3 is 0 Å². The Morgan fingerprint density at radius 1 is 0.123 bits per heavy atom. The van der Waals surface area contributed by atoms with Crippen molar-refractivity contribution in [3.63, 3.8) is 0 Å². The van der Waals surface area contributed by atoms with Crippen LogP contribution in [0.15, 0.2) is 364 Å². The van der Waals surface area contributed by atoms with Crippen molar-refractivity contribution in [2.75, 3.05) is 0 Å². The summed E-state index contributed by atoms with van der Waals surface area (Å²) in [5, 5.41) is -0.818. The first-order valence-corrected chi connectivity index (χ1v) is 29.4. The molecule has 0 amide bonds. The summed E-state index contributed by atoms with van der Waals surface area (Å²) in [4.78, 5) is 0. The third-order valence-electron chi connectivity index (χ3n) is 14.7. The van der Waals surface area contributed by atoms with E-state index < -0.39 is 0 Å². The molecule has 0 saturated heterocycles. The normalized spacial score (nSPS) is 11.1. The summed E-state index contributed by atoms with van der Waals surface area (Å²) < 4.78 is 0. The molecule has 0 aliphatic heterocycles. The first-order chi connectivity index (χ1) is 39.3. The zero-order valence-electron chi connectivity index (χ0n) is 45.3. The zero-order chi connectivity index (χ0) is 55.4. The Bertz CT molecular complexity index is 2760. The van der Waals surface area contributed by atoms with Crippen molar-refractivity contribution in [2.24, 2.45) is 0 Å². The molecule has 0 aliphatic rings. The van der Waals surface area contributed by atoms with Crippen LogP contribution in [0, 0.1) is 0 Å². The van der Waals surface area contributed by atoms with E-state index in [9.17, 15) is 0 Å². The van der Waals surface area contributed by atoms with Gasteiger partial charge in [-0.25, -0.2) is 0 Å². The van der Waals surface area contributed by atoms with Gasteiger partial charge in [-0.1, -0.05) is 364 Å². The van der Waals surface area contributed by atoms with Crippen LogP contribution >= 0.6 is 37.0 Å². The van der Waals surface area contributed by atoms with Gasteiger partial charge < -0.3 is 0 Å². The molecule has 0 bridgehead atoms. The van der Waals surface area contributed by atoms with Crippen LogP contribution in [-0.4, -0.2) is 0 Å². The summed E-state index contributed by atoms with van der Waals surface area (Å²) in [6.07, 6.45) is 0. The van der Waals surface area contributed by atoms with Gasteiger partial charge in [-0.2, -0.15) is 0 Å². The summed E-state index contributed by atoms with van der Waals surface area (Å²) in [6.45, 7) is 0. The van der Waals surface area contributed by atoms with E-state index in [-0.39, 0.29) is 41.0 Å². The Morgan fingerprint density at radius 3 is 0.247 bits per heavy atom. The van der Waals surface area contributed by atoms with Gasteiger partial charge in [0.1, 0.15) is 0 Å². The van der Waals surface area contributed by atoms with E-state index in [1.165, 1.54) is 66.8 Å². The Morgan fingerprint density at radius 2 is 0.185 bits per heavy atom. The Hall–Kier alpha value is -6.98. The summed E-state index contributed by atoms with van der Waals surface area (Å²) in [5.74, 6) is 0. The first kappa shape index (κ1) is 60.1. The second kappa shape index (κ2) is 29.7. The SMILES string of the molecule is PC(c1ccccc1)(c1ccccc1)c1ccccc1.PC(c1ccccc1)(c1ccccc1)c1ccccc1.PC(c1ccccc1)(c1ccccc1)c1ccccc1.PC(c1ccccc1)(c1ccccc1)c1ccccc1.[Pd]. The van der Waals surface area contributed by atoms with Crippen molar-refractivity contribution in [1.82, 2.24) is 0 Å². The minimum atomic E-state index is -0.205. The number of hydrogen-bond donors (Lipinski definition) is 0. The van der Waals surface area contributed by atoms with Crippen LogP contribution in [0.2, 0.25) is 0 Å². The van der Waals surface area contributed by atoms with Crippen LogP contribution < -0.4 is 0 Å². The van der Waals surface area contributed by atoms with Crippen LogP contribution in [0.4, 0.5) is 0 Å². The average Bonchev–Trinajstić information content (AvgIpc) is 3.63. The topological polar surface area (TPSA) is 0 Å². The third-order valence-corrected chi connectivity index (χ3v) is 18.7. The summed E-state index contributed by atoms with van der Waals surface area (Å²) in [6, 6.07) is 128. The summed E-state index contributed by atoms with van der Waals surface area (Å²) >= 11 is 0. The van der Waals surface area contributed by atoms with Gasteiger partial charge in [0.15, 0.2) is 0 Å². The maximum atomic E-state index is 3.06. The van der Waals surface area contributed by atoms with Crippen molar-refractivity contribution in [3.8, 4) is 0 Å². The first-order valence-electron chi connectivity index (χ1n) is 27.1. The molecule has 5 heteroatoms. The predicted octanol–water partition coefficient (Wildman–Crippen LogP) is 19.4. The second-order valence-electron chi connectivity index (χ2n) is 19.6. The molecule has 0 heterocycles. The molecule has 4 atom stereocenters. The van der Waals surface area contributed by atoms with E-state index in [2.05, 4.69) is 401 Å². The second-order valence-corrected chi connectivity index (χ2v) is 23.1. The number of rotatable bonds is 12. The molecule has 402 valence electrons. The molecule has 0 radical (unpaired) electrons. The van der Waals surface area contributed by atoms with Crippen LogP contribution in [0.1, 0.15) is 66.8 Å². The maximum absolute atomic E-state index is 3.06. The third kappa shape index (κ3) is 14.2. The van der Waals surface area contributed by atoms with Gasteiger partial charge in [-0.15, -0.1) is 37.0 Å². The molecule has 0 nitrogen and oxygen atoms in total. The monoisotopic (exact) mass is 1210 g/mol. The molecule has 0 spiro atoms. The van der Waals surface area contributed by atoms with Crippen LogP contribution in [0.5, 0.6) is 0 Å². The molecule has 0 N–H and O–H groups in total. The Labute approximate surface area is 505 Å². The van der Waals surface area contributed by atoms with E-state index in [0.29, 0.717) is 0 Å². The van der Waals surface area contributed by atoms with Crippen LogP contribution in [-0.2, 0) is 41.0 Å². The van der Waals surface area contributed by atoms with E-state index in [1.807, 2.05) is 0 Å². The van der Waals surface area contributed by atoms with Gasteiger partial charge in [0.2, 0.25) is 0 Å². The van der Waals surface area contributed by atoms with Gasteiger partial charge in [0.05, 0.1) is 20.6 Å². The molecule has 0 saturated carbocycles. The summed E-state index contributed by atoms with van der Waals surface area (Å²) in [5.41, 5.74) is 15.4. The molecular weight excluding hydrogens is 1140 g/mol. The Balaban J connectivity index is 0.000000141. The fourth-order valence-corrected chi connectivity index (χ4v) is 12.7. The molecule has 0 aliphatic carbocycles. The largest absolute Gasteiger partial charge is 0.117 e. The quantitative estimate of drug-likeness (QED) is 0.0650. The molecule has 12 aromatic carbocycles. The summed E-state index contributed by atoms with van der Waals surface area (Å²) in [7, 11) is 12.2. The van der Waals surface area contributed by atoms with Crippen molar-refractivity contribution in [2.45, 2.75) is 20.6 Å². The molecule has 81 heavy (non-hydrogen) atoms. The van der Waals surface area contributed by atoms with E-state index in [1.54, 1.807) is 0 Å². The average molecular weight is 1210 g/mol. The van der Waals surface area contributed by atoms with E-state index in [0.717, 1.165) is 0 Å². The van der Waals surface area contributed by atoms with Gasteiger partial charge in [-0.05, 0) is 66.8 Å². The van der Waals surface area contributed by atoms with Crippen molar-refractivity contribution >= 4 is 37.0 Å².